The summed E-state index contributed by atoms with van der Waals surface area (Å²) in [6.07, 6.45) is 4.95. The summed E-state index contributed by atoms with van der Waals surface area (Å²) in [5.74, 6) is 2.49. The second kappa shape index (κ2) is 12.1. The Kier molecular flexibility index (Phi) is 11.6. The van der Waals surface area contributed by atoms with Crippen LogP contribution in [-0.4, -0.2) is 25.6 Å². The second-order valence-electron chi connectivity index (χ2n) is 5.12. The van der Waals surface area contributed by atoms with Gasteiger partial charge in [-0.1, -0.05) is 27.2 Å². The monoisotopic (exact) mass is 393 g/mol. The number of furan rings is 1. The van der Waals surface area contributed by atoms with E-state index in [9.17, 15) is 0 Å². The molecule has 4 nitrogen and oxygen atoms in total. The van der Waals surface area contributed by atoms with Gasteiger partial charge in [-0.2, -0.15) is 0 Å². The van der Waals surface area contributed by atoms with Crippen molar-refractivity contribution in [2.75, 3.05) is 19.6 Å². The molecule has 0 aliphatic carbocycles. The molecule has 0 saturated heterocycles. The van der Waals surface area contributed by atoms with Gasteiger partial charge in [0.05, 0.1) is 6.26 Å². The molecule has 2 N–H and O–H groups in total. The minimum atomic E-state index is 0. The molecular formula is C15H28IN3O. The Morgan fingerprint density at radius 3 is 2.65 bits per heavy atom. The summed E-state index contributed by atoms with van der Waals surface area (Å²) < 4.78 is 5.31. The quantitative estimate of drug-likeness (QED) is 0.308. The first-order valence-corrected chi connectivity index (χ1v) is 7.27. The molecular weight excluding hydrogens is 365 g/mol. The molecule has 1 aromatic heterocycles. The van der Waals surface area contributed by atoms with Crippen molar-refractivity contribution in [2.45, 2.75) is 40.0 Å². The smallest absolute Gasteiger partial charge is 0.191 e. The molecule has 0 aromatic carbocycles. The topological polar surface area (TPSA) is 49.6 Å². The van der Waals surface area contributed by atoms with Gasteiger partial charge in [0.15, 0.2) is 5.96 Å². The highest BCUT2D eigenvalue weighted by Crippen LogP contribution is 1.99. The van der Waals surface area contributed by atoms with E-state index in [0.717, 1.165) is 37.8 Å². The molecule has 0 spiro atoms. The lowest BCUT2D eigenvalue weighted by Crippen LogP contribution is -2.39. The number of rotatable bonds is 8. The average molecular weight is 393 g/mol. The highest BCUT2D eigenvalue weighted by atomic mass is 127. The van der Waals surface area contributed by atoms with Gasteiger partial charge >= 0.3 is 0 Å². The van der Waals surface area contributed by atoms with Gasteiger partial charge in [0.1, 0.15) is 5.76 Å². The Bertz CT molecular complexity index is 350. The number of hydrogen-bond acceptors (Lipinski definition) is 2. The Morgan fingerprint density at radius 1 is 1.30 bits per heavy atom. The van der Waals surface area contributed by atoms with E-state index in [-0.39, 0.29) is 24.0 Å². The van der Waals surface area contributed by atoms with Gasteiger partial charge in [0, 0.05) is 26.1 Å². The number of hydrogen-bond donors (Lipinski definition) is 2. The van der Waals surface area contributed by atoms with E-state index >= 15 is 0 Å². The first kappa shape index (κ1) is 19.3. The van der Waals surface area contributed by atoms with Crippen molar-refractivity contribution < 1.29 is 4.42 Å². The zero-order chi connectivity index (χ0) is 13.9. The molecule has 0 saturated carbocycles. The van der Waals surface area contributed by atoms with Gasteiger partial charge in [-0.3, -0.25) is 4.99 Å². The van der Waals surface area contributed by atoms with Crippen LogP contribution in [0.1, 0.15) is 39.4 Å². The van der Waals surface area contributed by atoms with Gasteiger partial charge in [0.2, 0.25) is 0 Å². The first-order valence-electron chi connectivity index (χ1n) is 7.27. The summed E-state index contributed by atoms with van der Waals surface area (Å²) in [6, 6.07) is 3.92. The van der Waals surface area contributed by atoms with Crippen molar-refractivity contribution in [3.63, 3.8) is 0 Å². The van der Waals surface area contributed by atoms with Crippen LogP contribution in [0.4, 0.5) is 0 Å². The average Bonchev–Trinajstić information content (AvgIpc) is 2.88. The Morgan fingerprint density at radius 2 is 2.05 bits per heavy atom. The third-order valence-electron chi connectivity index (χ3n) is 2.68. The molecule has 0 aliphatic heterocycles. The zero-order valence-corrected chi connectivity index (χ0v) is 15.1. The normalized spacial score (nSPS) is 11.3. The van der Waals surface area contributed by atoms with Crippen molar-refractivity contribution in [1.29, 1.82) is 0 Å². The second-order valence-corrected chi connectivity index (χ2v) is 5.12. The van der Waals surface area contributed by atoms with E-state index in [4.69, 9.17) is 4.42 Å². The Labute approximate surface area is 139 Å². The lowest BCUT2D eigenvalue weighted by atomic mass is 10.2. The predicted molar refractivity (Wildman–Crippen MR) is 95.9 cm³/mol. The van der Waals surface area contributed by atoms with Gasteiger partial charge < -0.3 is 15.1 Å². The molecule has 116 valence electrons. The van der Waals surface area contributed by atoms with Gasteiger partial charge in [-0.15, -0.1) is 24.0 Å². The lowest BCUT2D eigenvalue weighted by molar-refractivity contribution is 0.506. The highest BCUT2D eigenvalue weighted by molar-refractivity contribution is 14.0. The minimum Gasteiger partial charge on any atom is -0.469 e. The number of nitrogens with one attached hydrogen (secondary N) is 2. The fraction of sp³-hybridized carbons (Fsp3) is 0.667. The summed E-state index contributed by atoms with van der Waals surface area (Å²) >= 11 is 0. The number of aliphatic imine (C=N–C) groups is 1. The van der Waals surface area contributed by atoms with Crippen LogP contribution in [0.15, 0.2) is 27.8 Å². The maximum Gasteiger partial charge on any atom is 0.191 e. The SMILES string of the molecule is CCCCNC(=NCC(C)C)NCCc1ccco1.I. The molecule has 0 aliphatic rings. The van der Waals surface area contributed by atoms with Crippen molar-refractivity contribution in [3.05, 3.63) is 24.2 Å². The standard InChI is InChI=1S/C15H27N3O.HI/c1-4-5-9-16-15(18-12-13(2)3)17-10-8-14-7-6-11-19-14;/h6-7,11,13H,4-5,8-10,12H2,1-3H3,(H2,16,17,18);1H. The van der Waals surface area contributed by atoms with Crippen molar-refractivity contribution in [1.82, 2.24) is 10.6 Å². The van der Waals surface area contributed by atoms with E-state index in [1.165, 1.54) is 12.8 Å². The third kappa shape index (κ3) is 9.23. The molecule has 20 heavy (non-hydrogen) atoms. The van der Waals surface area contributed by atoms with Crippen molar-refractivity contribution >= 4 is 29.9 Å². The molecule has 0 unspecified atom stereocenters. The van der Waals surface area contributed by atoms with E-state index in [2.05, 4.69) is 36.4 Å². The molecule has 1 aromatic rings. The Hall–Kier alpha value is -0.720. The van der Waals surface area contributed by atoms with Crippen LogP contribution in [0.2, 0.25) is 0 Å². The number of halogens is 1. The molecule has 0 atom stereocenters. The number of guanidine groups is 1. The van der Waals surface area contributed by atoms with Crippen LogP contribution in [0.3, 0.4) is 0 Å². The highest BCUT2D eigenvalue weighted by Gasteiger charge is 2.00. The molecule has 0 radical (unpaired) electrons. The van der Waals surface area contributed by atoms with E-state index in [0.29, 0.717) is 5.92 Å². The molecule has 5 heteroatoms. The van der Waals surface area contributed by atoms with Crippen LogP contribution in [0.5, 0.6) is 0 Å². The first-order chi connectivity index (χ1) is 9.22. The summed E-state index contributed by atoms with van der Waals surface area (Å²) in [5.41, 5.74) is 0. The number of unbranched alkanes of at least 4 members (excludes halogenated alkanes) is 1. The largest absolute Gasteiger partial charge is 0.469 e. The fourth-order valence-electron chi connectivity index (χ4n) is 1.59. The molecule has 0 bridgehead atoms. The third-order valence-corrected chi connectivity index (χ3v) is 2.68. The van der Waals surface area contributed by atoms with Gasteiger partial charge in [-0.05, 0) is 24.5 Å². The summed E-state index contributed by atoms with van der Waals surface area (Å²) in [7, 11) is 0. The van der Waals surface area contributed by atoms with Crippen LogP contribution < -0.4 is 10.6 Å². The maximum atomic E-state index is 5.31. The van der Waals surface area contributed by atoms with Crippen LogP contribution >= 0.6 is 24.0 Å². The zero-order valence-electron chi connectivity index (χ0n) is 12.8. The molecule has 1 rings (SSSR count). The van der Waals surface area contributed by atoms with E-state index in [1.54, 1.807) is 6.26 Å². The van der Waals surface area contributed by atoms with Crippen LogP contribution in [0, 0.1) is 5.92 Å². The van der Waals surface area contributed by atoms with Crippen LogP contribution in [-0.2, 0) is 6.42 Å². The lowest BCUT2D eigenvalue weighted by Gasteiger charge is -2.12. The summed E-state index contributed by atoms with van der Waals surface area (Å²) in [5, 5.41) is 6.72. The molecule has 1 heterocycles. The van der Waals surface area contributed by atoms with E-state index < -0.39 is 0 Å². The summed E-state index contributed by atoms with van der Waals surface area (Å²) in [4.78, 5) is 4.58. The minimum absolute atomic E-state index is 0. The molecule has 0 fully saturated rings. The van der Waals surface area contributed by atoms with Gasteiger partial charge in [-0.25, -0.2) is 0 Å². The summed E-state index contributed by atoms with van der Waals surface area (Å²) in [6.45, 7) is 9.20. The van der Waals surface area contributed by atoms with Crippen molar-refractivity contribution in [2.24, 2.45) is 10.9 Å². The van der Waals surface area contributed by atoms with E-state index in [1.807, 2.05) is 12.1 Å². The van der Waals surface area contributed by atoms with Crippen molar-refractivity contribution in [3.8, 4) is 0 Å². The van der Waals surface area contributed by atoms with Crippen LogP contribution in [0.25, 0.3) is 0 Å². The van der Waals surface area contributed by atoms with Gasteiger partial charge in [0.25, 0.3) is 0 Å². The number of nitrogens with zero attached hydrogens (tertiary/aromatic N) is 1. The fourth-order valence-corrected chi connectivity index (χ4v) is 1.59. The molecule has 0 amide bonds. The maximum absolute atomic E-state index is 5.31. The predicted octanol–water partition coefficient (Wildman–Crippen LogP) is 3.43. The Balaban J connectivity index is 0.00000361.